The van der Waals surface area contributed by atoms with E-state index in [1.807, 2.05) is 43.3 Å². The molecule has 0 aliphatic rings. The molecule has 1 rings (SSSR count). The first kappa shape index (κ1) is 12.0. The van der Waals surface area contributed by atoms with Crippen LogP contribution in [0.3, 0.4) is 0 Å². The molecule has 0 aromatic heterocycles. The predicted molar refractivity (Wildman–Crippen MR) is 62.5 cm³/mol. The number of hydrogen-bond acceptors (Lipinski definition) is 4. The van der Waals surface area contributed by atoms with Gasteiger partial charge in [0.25, 0.3) is 0 Å². The average molecular weight is 214 g/mol. The molecule has 82 valence electrons. The lowest BCUT2D eigenvalue weighted by molar-refractivity contribution is 0.817. The first-order valence-corrected chi connectivity index (χ1v) is 5.03. The Kier molecular flexibility index (Phi) is 4.32. The Labute approximate surface area is 95.5 Å². The molecule has 0 bridgehead atoms. The minimum atomic E-state index is -0.00515. The molecule has 0 aliphatic heterocycles. The van der Waals surface area contributed by atoms with Gasteiger partial charge in [0.1, 0.15) is 13.1 Å². The Morgan fingerprint density at radius 1 is 1.19 bits per heavy atom. The van der Waals surface area contributed by atoms with Crippen molar-refractivity contribution >= 4 is 5.69 Å². The smallest absolute Gasteiger partial charge is 0.106 e. The topological polar surface area (TPSA) is 76.8 Å². The van der Waals surface area contributed by atoms with Gasteiger partial charge in [0.2, 0.25) is 0 Å². The number of anilines is 1. The standard InChI is InChI=1S/C12H14N4/c1-10(15)11-2-4-12(5-3-11)16(8-6-13)9-7-14/h2-5,10H,8-9,15H2,1H3. The molecule has 0 fully saturated rings. The maximum Gasteiger partial charge on any atom is 0.106 e. The van der Waals surface area contributed by atoms with Crippen LogP contribution in [-0.2, 0) is 0 Å². The van der Waals surface area contributed by atoms with Crippen LogP contribution >= 0.6 is 0 Å². The van der Waals surface area contributed by atoms with E-state index in [0.717, 1.165) is 11.3 Å². The van der Waals surface area contributed by atoms with Gasteiger partial charge in [-0.05, 0) is 24.6 Å². The van der Waals surface area contributed by atoms with E-state index in [1.165, 1.54) is 0 Å². The molecule has 0 saturated carbocycles. The highest BCUT2D eigenvalue weighted by Crippen LogP contribution is 2.17. The number of hydrogen-bond donors (Lipinski definition) is 1. The molecule has 0 spiro atoms. The highest BCUT2D eigenvalue weighted by atomic mass is 15.1. The van der Waals surface area contributed by atoms with E-state index < -0.39 is 0 Å². The first-order chi connectivity index (χ1) is 7.69. The number of nitrogens with zero attached hydrogens (tertiary/aromatic N) is 3. The molecule has 0 radical (unpaired) electrons. The molecule has 1 aromatic carbocycles. The van der Waals surface area contributed by atoms with E-state index in [9.17, 15) is 0 Å². The van der Waals surface area contributed by atoms with Gasteiger partial charge < -0.3 is 10.6 Å². The maximum absolute atomic E-state index is 8.65. The summed E-state index contributed by atoms with van der Waals surface area (Å²) in [6.45, 7) is 2.34. The highest BCUT2D eigenvalue weighted by molar-refractivity contribution is 5.49. The SMILES string of the molecule is CC(N)c1ccc(N(CC#N)CC#N)cc1. The number of nitriles is 2. The third kappa shape index (κ3) is 2.98. The fourth-order valence-corrected chi connectivity index (χ4v) is 1.40. The van der Waals surface area contributed by atoms with Gasteiger partial charge in [0, 0.05) is 11.7 Å². The van der Waals surface area contributed by atoms with Crippen LogP contribution in [0, 0.1) is 22.7 Å². The summed E-state index contributed by atoms with van der Waals surface area (Å²) < 4.78 is 0. The second-order valence-corrected chi connectivity index (χ2v) is 3.55. The lowest BCUT2D eigenvalue weighted by Gasteiger charge is -2.18. The summed E-state index contributed by atoms with van der Waals surface area (Å²) >= 11 is 0. The summed E-state index contributed by atoms with van der Waals surface area (Å²) in [6, 6.07) is 11.7. The number of rotatable bonds is 4. The molecule has 2 N–H and O–H groups in total. The third-order valence-corrected chi connectivity index (χ3v) is 2.31. The number of nitrogens with two attached hydrogens (primary N) is 1. The molecule has 0 heterocycles. The molecule has 16 heavy (non-hydrogen) atoms. The largest absolute Gasteiger partial charge is 0.345 e. The van der Waals surface area contributed by atoms with E-state index in [4.69, 9.17) is 16.3 Å². The van der Waals surface area contributed by atoms with E-state index >= 15 is 0 Å². The van der Waals surface area contributed by atoms with Crippen molar-refractivity contribution in [2.75, 3.05) is 18.0 Å². The molecule has 1 unspecified atom stereocenters. The summed E-state index contributed by atoms with van der Waals surface area (Å²) in [4.78, 5) is 1.71. The second-order valence-electron chi connectivity index (χ2n) is 3.55. The van der Waals surface area contributed by atoms with Crippen LogP contribution in [0.1, 0.15) is 18.5 Å². The lowest BCUT2D eigenvalue weighted by atomic mass is 10.1. The minimum Gasteiger partial charge on any atom is -0.345 e. The molecule has 0 amide bonds. The Morgan fingerprint density at radius 2 is 1.69 bits per heavy atom. The summed E-state index contributed by atoms with van der Waals surface area (Å²) in [7, 11) is 0. The minimum absolute atomic E-state index is 0.00515. The Bertz CT molecular complexity index is 392. The van der Waals surface area contributed by atoms with Crippen molar-refractivity contribution in [2.24, 2.45) is 5.73 Å². The zero-order valence-corrected chi connectivity index (χ0v) is 9.22. The van der Waals surface area contributed by atoms with E-state index in [1.54, 1.807) is 4.90 Å². The van der Waals surface area contributed by atoms with Gasteiger partial charge >= 0.3 is 0 Å². The monoisotopic (exact) mass is 214 g/mol. The Morgan fingerprint density at radius 3 is 2.06 bits per heavy atom. The van der Waals surface area contributed by atoms with Crippen LogP contribution in [0.4, 0.5) is 5.69 Å². The van der Waals surface area contributed by atoms with Crippen molar-refractivity contribution in [1.29, 1.82) is 10.5 Å². The fraction of sp³-hybridized carbons (Fsp3) is 0.333. The summed E-state index contributed by atoms with van der Waals surface area (Å²) in [5.41, 5.74) is 7.65. The van der Waals surface area contributed by atoms with Crippen molar-refractivity contribution in [3.8, 4) is 12.1 Å². The van der Waals surface area contributed by atoms with E-state index in [0.29, 0.717) is 0 Å². The van der Waals surface area contributed by atoms with Crippen molar-refractivity contribution in [1.82, 2.24) is 0 Å². The second kappa shape index (κ2) is 5.75. The molecule has 1 aromatic rings. The first-order valence-electron chi connectivity index (χ1n) is 5.03. The van der Waals surface area contributed by atoms with Crippen molar-refractivity contribution in [2.45, 2.75) is 13.0 Å². The van der Waals surface area contributed by atoms with Crippen LogP contribution in [0.2, 0.25) is 0 Å². The van der Waals surface area contributed by atoms with Crippen LogP contribution in [0.5, 0.6) is 0 Å². The molecule has 1 atom stereocenters. The lowest BCUT2D eigenvalue weighted by Crippen LogP contribution is -2.23. The molecular formula is C12H14N4. The summed E-state index contributed by atoms with van der Waals surface area (Å²) in [5, 5.41) is 17.3. The highest BCUT2D eigenvalue weighted by Gasteiger charge is 2.06. The molecule has 4 nitrogen and oxygen atoms in total. The molecular weight excluding hydrogens is 200 g/mol. The van der Waals surface area contributed by atoms with Gasteiger partial charge in [-0.15, -0.1) is 0 Å². The zero-order chi connectivity index (χ0) is 12.0. The van der Waals surface area contributed by atoms with Crippen LogP contribution < -0.4 is 10.6 Å². The zero-order valence-electron chi connectivity index (χ0n) is 9.22. The van der Waals surface area contributed by atoms with Gasteiger partial charge in [0.15, 0.2) is 0 Å². The van der Waals surface area contributed by atoms with Crippen LogP contribution in [0.15, 0.2) is 24.3 Å². The van der Waals surface area contributed by atoms with Crippen molar-refractivity contribution in [3.05, 3.63) is 29.8 Å². The Balaban J connectivity index is 2.86. The Hall–Kier alpha value is -2.04. The van der Waals surface area contributed by atoms with Crippen LogP contribution in [0.25, 0.3) is 0 Å². The van der Waals surface area contributed by atoms with E-state index in [2.05, 4.69) is 0 Å². The van der Waals surface area contributed by atoms with Gasteiger partial charge in [0.05, 0.1) is 12.1 Å². The number of benzene rings is 1. The quantitative estimate of drug-likeness (QED) is 0.771. The molecule has 0 aliphatic carbocycles. The van der Waals surface area contributed by atoms with Crippen molar-refractivity contribution < 1.29 is 0 Å². The van der Waals surface area contributed by atoms with Crippen molar-refractivity contribution in [3.63, 3.8) is 0 Å². The van der Waals surface area contributed by atoms with Gasteiger partial charge in [-0.1, -0.05) is 12.1 Å². The summed E-state index contributed by atoms with van der Waals surface area (Å²) in [6.07, 6.45) is 0. The van der Waals surface area contributed by atoms with Gasteiger partial charge in [-0.2, -0.15) is 10.5 Å². The summed E-state index contributed by atoms with van der Waals surface area (Å²) in [5.74, 6) is 0. The third-order valence-electron chi connectivity index (χ3n) is 2.31. The normalized spacial score (nSPS) is 11.2. The van der Waals surface area contributed by atoms with Gasteiger partial charge in [-0.25, -0.2) is 0 Å². The molecule has 4 heteroatoms. The maximum atomic E-state index is 8.65. The van der Waals surface area contributed by atoms with E-state index in [-0.39, 0.29) is 19.1 Å². The van der Waals surface area contributed by atoms with Gasteiger partial charge in [-0.3, -0.25) is 0 Å². The predicted octanol–water partition coefficient (Wildman–Crippen LogP) is 1.56. The fourth-order valence-electron chi connectivity index (χ4n) is 1.40. The average Bonchev–Trinajstić information content (AvgIpc) is 2.29. The van der Waals surface area contributed by atoms with Crippen LogP contribution in [-0.4, -0.2) is 13.1 Å². The molecule has 0 saturated heterocycles.